The van der Waals surface area contributed by atoms with Crippen LogP contribution in [-0.2, 0) is 0 Å². The summed E-state index contributed by atoms with van der Waals surface area (Å²) in [5, 5.41) is 0. The van der Waals surface area contributed by atoms with Crippen LogP contribution in [0.5, 0.6) is 11.5 Å². The Kier molecular flexibility index (Phi) is 30.7. The van der Waals surface area contributed by atoms with E-state index in [2.05, 4.69) is 13.8 Å². The van der Waals surface area contributed by atoms with Crippen LogP contribution in [0.15, 0.2) is 12.1 Å². The molecule has 0 bridgehead atoms. The Morgan fingerprint density at radius 3 is 0.739 bits per heavy atom. The van der Waals surface area contributed by atoms with E-state index in [0.717, 1.165) is 12.8 Å². The second-order valence-corrected chi connectivity index (χ2v) is 14.2. The third-order valence-corrected chi connectivity index (χ3v) is 9.66. The maximum atomic E-state index is 6.27. The molecule has 4 nitrogen and oxygen atoms in total. The molecule has 0 heterocycles. The molecule has 0 saturated carbocycles. The van der Waals surface area contributed by atoms with E-state index in [1.807, 2.05) is 12.1 Å². The van der Waals surface area contributed by atoms with E-state index >= 15 is 0 Å². The second-order valence-electron chi connectivity index (χ2n) is 14.2. The van der Waals surface area contributed by atoms with Crippen LogP contribution < -0.4 is 20.9 Å². The number of ether oxygens (including phenoxy) is 2. The summed E-state index contributed by atoms with van der Waals surface area (Å²) in [6.45, 7) is 5.92. The van der Waals surface area contributed by atoms with Crippen molar-refractivity contribution < 1.29 is 9.47 Å². The molecule has 0 fully saturated rings. The molecule has 0 atom stereocenters. The quantitative estimate of drug-likeness (QED) is 0.0563. The molecule has 0 saturated heterocycles. The number of anilines is 2. The number of nitrogens with two attached hydrogens (primary N) is 2. The minimum atomic E-state index is 0.618. The van der Waals surface area contributed by atoms with Gasteiger partial charge in [0.15, 0.2) is 11.5 Å². The third-order valence-electron chi connectivity index (χ3n) is 9.66. The Bertz CT molecular complexity index is 705. The van der Waals surface area contributed by atoms with Crippen LogP contribution in [0, 0.1) is 0 Å². The molecule has 0 radical (unpaired) electrons. The lowest BCUT2D eigenvalue weighted by Crippen LogP contribution is -2.07. The molecule has 270 valence electrons. The summed E-state index contributed by atoms with van der Waals surface area (Å²) in [6, 6.07) is 3.67. The van der Waals surface area contributed by atoms with Crippen molar-refractivity contribution in [3.8, 4) is 11.5 Å². The standard InChI is InChI=1S/C42H80N2O2/c1-3-5-7-9-11-13-15-17-19-21-23-25-27-29-31-33-37-45-41-39(43)35-36-40(44)42(41)46-38-34-32-30-28-26-24-22-20-18-16-14-12-10-8-6-4-2/h35-36H,3-34,37-38,43-44H2,1-2H3. The topological polar surface area (TPSA) is 70.5 Å². The SMILES string of the molecule is CCCCCCCCCCCCCCCCCCOc1c(N)ccc(N)c1OCCCCCCCCCCCCCCCCCC. The molecule has 0 unspecified atom stereocenters. The van der Waals surface area contributed by atoms with E-state index in [9.17, 15) is 0 Å². The van der Waals surface area contributed by atoms with Gasteiger partial charge in [0, 0.05) is 0 Å². The van der Waals surface area contributed by atoms with Gasteiger partial charge in [-0.1, -0.05) is 206 Å². The number of benzene rings is 1. The van der Waals surface area contributed by atoms with Crippen molar-refractivity contribution in [2.24, 2.45) is 0 Å². The summed E-state index contributed by atoms with van der Waals surface area (Å²) < 4.78 is 12.2. The Labute approximate surface area is 287 Å². The first-order chi connectivity index (χ1) is 22.7. The van der Waals surface area contributed by atoms with Crippen LogP contribution in [-0.4, -0.2) is 13.2 Å². The molecule has 1 aromatic rings. The van der Waals surface area contributed by atoms with Crippen molar-refractivity contribution in [2.45, 2.75) is 219 Å². The molecule has 0 aliphatic heterocycles. The van der Waals surface area contributed by atoms with Crippen molar-refractivity contribution >= 4 is 11.4 Å². The van der Waals surface area contributed by atoms with Crippen molar-refractivity contribution in [3.05, 3.63) is 12.1 Å². The minimum Gasteiger partial charge on any atom is -0.488 e. The van der Waals surface area contributed by atoms with E-state index in [1.165, 1.54) is 193 Å². The molecule has 4 N–H and O–H groups in total. The third kappa shape index (κ3) is 25.5. The predicted octanol–water partition coefficient (Wildman–Crippen LogP) is 14.1. The number of hydrogen-bond donors (Lipinski definition) is 2. The van der Waals surface area contributed by atoms with E-state index < -0.39 is 0 Å². The molecular formula is C42H80N2O2. The van der Waals surface area contributed by atoms with Gasteiger partial charge in [-0.05, 0) is 25.0 Å². The van der Waals surface area contributed by atoms with Gasteiger partial charge in [0.1, 0.15) is 0 Å². The monoisotopic (exact) mass is 645 g/mol. The first kappa shape index (κ1) is 42.4. The van der Waals surface area contributed by atoms with E-state index in [-0.39, 0.29) is 0 Å². The highest BCUT2D eigenvalue weighted by molar-refractivity contribution is 5.70. The molecular weight excluding hydrogens is 564 g/mol. The number of hydrogen-bond acceptors (Lipinski definition) is 4. The molecule has 46 heavy (non-hydrogen) atoms. The average molecular weight is 645 g/mol. The van der Waals surface area contributed by atoms with Crippen LogP contribution in [0.1, 0.15) is 219 Å². The van der Waals surface area contributed by atoms with Crippen molar-refractivity contribution in [2.75, 3.05) is 24.7 Å². The molecule has 1 aromatic carbocycles. The molecule has 0 amide bonds. The van der Waals surface area contributed by atoms with E-state index in [0.29, 0.717) is 36.1 Å². The van der Waals surface area contributed by atoms with E-state index in [4.69, 9.17) is 20.9 Å². The smallest absolute Gasteiger partial charge is 0.186 e. The van der Waals surface area contributed by atoms with Gasteiger partial charge in [0.05, 0.1) is 24.6 Å². The van der Waals surface area contributed by atoms with Gasteiger partial charge < -0.3 is 20.9 Å². The van der Waals surface area contributed by atoms with Crippen LogP contribution in [0.2, 0.25) is 0 Å². The fraction of sp³-hybridized carbons (Fsp3) is 0.857. The lowest BCUT2D eigenvalue weighted by Gasteiger charge is -2.16. The number of nitrogen functional groups attached to an aromatic ring is 2. The van der Waals surface area contributed by atoms with Gasteiger partial charge in [-0.15, -0.1) is 0 Å². The first-order valence-electron chi connectivity index (χ1n) is 20.6. The highest BCUT2D eigenvalue weighted by Gasteiger charge is 2.13. The number of unbranched alkanes of at least 4 members (excludes halogenated alkanes) is 30. The molecule has 0 spiro atoms. The van der Waals surface area contributed by atoms with Gasteiger partial charge in [0.25, 0.3) is 0 Å². The summed E-state index contributed by atoms with van der Waals surface area (Å²) in [4.78, 5) is 0. The summed E-state index contributed by atoms with van der Waals surface area (Å²) in [5.74, 6) is 1.27. The minimum absolute atomic E-state index is 0.618. The summed E-state index contributed by atoms with van der Waals surface area (Å²) >= 11 is 0. The molecule has 0 aromatic heterocycles. The van der Waals surface area contributed by atoms with Gasteiger partial charge in [0.2, 0.25) is 0 Å². The predicted molar refractivity (Wildman–Crippen MR) is 205 cm³/mol. The van der Waals surface area contributed by atoms with Crippen LogP contribution in [0.25, 0.3) is 0 Å². The fourth-order valence-electron chi connectivity index (χ4n) is 6.54. The Hall–Kier alpha value is -1.58. The Morgan fingerprint density at radius 1 is 0.326 bits per heavy atom. The van der Waals surface area contributed by atoms with Crippen molar-refractivity contribution in [3.63, 3.8) is 0 Å². The van der Waals surface area contributed by atoms with Gasteiger partial charge >= 0.3 is 0 Å². The summed E-state index contributed by atoms with van der Waals surface area (Å²) in [6.07, 6.45) is 43.8. The highest BCUT2D eigenvalue weighted by Crippen LogP contribution is 2.39. The van der Waals surface area contributed by atoms with Crippen LogP contribution >= 0.6 is 0 Å². The number of rotatable bonds is 36. The molecule has 4 heteroatoms. The lowest BCUT2D eigenvalue weighted by molar-refractivity contribution is 0.260. The maximum absolute atomic E-state index is 6.27. The van der Waals surface area contributed by atoms with Crippen LogP contribution in [0.3, 0.4) is 0 Å². The average Bonchev–Trinajstić information content (AvgIpc) is 3.06. The second kappa shape index (κ2) is 33.3. The zero-order valence-electron chi connectivity index (χ0n) is 31.2. The lowest BCUT2D eigenvalue weighted by atomic mass is 10.0. The Morgan fingerprint density at radius 2 is 0.522 bits per heavy atom. The van der Waals surface area contributed by atoms with Crippen molar-refractivity contribution in [1.29, 1.82) is 0 Å². The molecule has 1 rings (SSSR count). The van der Waals surface area contributed by atoms with Crippen molar-refractivity contribution in [1.82, 2.24) is 0 Å². The van der Waals surface area contributed by atoms with Gasteiger partial charge in [-0.3, -0.25) is 0 Å². The highest BCUT2D eigenvalue weighted by atomic mass is 16.5. The normalized spacial score (nSPS) is 11.3. The van der Waals surface area contributed by atoms with Crippen LogP contribution in [0.4, 0.5) is 11.4 Å². The largest absolute Gasteiger partial charge is 0.488 e. The van der Waals surface area contributed by atoms with Gasteiger partial charge in [-0.2, -0.15) is 0 Å². The maximum Gasteiger partial charge on any atom is 0.186 e. The first-order valence-corrected chi connectivity index (χ1v) is 20.6. The molecule has 0 aliphatic carbocycles. The Balaban J connectivity index is 2.00. The molecule has 0 aliphatic rings. The summed E-state index contributed by atoms with van der Waals surface area (Å²) in [7, 11) is 0. The zero-order chi connectivity index (χ0) is 33.2. The van der Waals surface area contributed by atoms with Gasteiger partial charge in [-0.25, -0.2) is 0 Å². The van der Waals surface area contributed by atoms with E-state index in [1.54, 1.807) is 0 Å². The summed E-state index contributed by atoms with van der Waals surface area (Å²) in [5.41, 5.74) is 13.8. The fourth-order valence-corrected chi connectivity index (χ4v) is 6.54. The zero-order valence-corrected chi connectivity index (χ0v) is 31.2.